The zero-order valence-electron chi connectivity index (χ0n) is 8.47. The number of hydrogen-bond donors (Lipinski definition) is 0. The van der Waals surface area contributed by atoms with Crippen molar-refractivity contribution < 1.29 is 69.1 Å². The largest absolute Gasteiger partial charge is 1.00 e. The molecule has 1 aromatic carbocycles. The van der Waals surface area contributed by atoms with Gasteiger partial charge in [-0.25, -0.2) is 0 Å². The van der Waals surface area contributed by atoms with Gasteiger partial charge in [0.05, 0.1) is 13.2 Å². The Hall–Kier alpha value is 0.671. The summed E-state index contributed by atoms with van der Waals surface area (Å²) in [5, 5.41) is 0. The molecule has 1 aliphatic heterocycles. The molecule has 6 heteroatoms. The molecule has 1 aliphatic rings. The Labute approximate surface area is 129 Å². The van der Waals surface area contributed by atoms with Crippen LogP contribution in [-0.2, 0) is 17.8 Å². The van der Waals surface area contributed by atoms with Crippen LogP contribution in [0, 0.1) is 0 Å². The summed E-state index contributed by atoms with van der Waals surface area (Å²) in [5.41, 5.74) is 1.14. The summed E-state index contributed by atoms with van der Waals surface area (Å²) in [4.78, 5) is 0. The topological polar surface area (TPSA) is 9.23 Å². The molecule has 15 heavy (non-hydrogen) atoms. The van der Waals surface area contributed by atoms with Gasteiger partial charge in [-0.2, -0.15) is 0 Å². The molecule has 0 aliphatic carbocycles. The average molecular weight is 240 g/mol. The van der Waals surface area contributed by atoms with E-state index in [4.69, 9.17) is 4.74 Å². The summed E-state index contributed by atoms with van der Waals surface area (Å²) >= 11 is 0. The fourth-order valence-electron chi connectivity index (χ4n) is 1.59. The third-order valence-electron chi connectivity index (χ3n) is 2.38. The van der Waals surface area contributed by atoms with E-state index in [1.807, 2.05) is 0 Å². The molecule has 1 heterocycles. The minimum absolute atomic E-state index is 0. The molecule has 0 unspecified atom stereocenters. The van der Waals surface area contributed by atoms with Crippen LogP contribution in [0.15, 0.2) is 18.2 Å². The van der Waals surface area contributed by atoms with Crippen LogP contribution in [0.4, 0.5) is 12.9 Å². The Balaban J connectivity index is 0.00000112. The Bertz CT molecular complexity index is 354. The van der Waals surface area contributed by atoms with E-state index in [1.165, 1.54) is 12.1 Å². The number of halogens is 3. The van der Waals surface area contributed by atoms with E-state index < -0.39 is 12.4 Å². The molecule has 0 spiro atoms. The van der Waals surface area contributed by atoms with Crippen molar-refractivity contribution >= 4 is 12.4 Å². The number of hydrogen-bond acceptors (Lipinski definition) is 1. The van der Waals surface area contributed by atoms with Gasteiger partial charge < -0.3 is 17.7 Å². The van der Waals surface area contributed by atoms with E-state index in [0.29, 0.717) is 19.6 Å². The fourth-order valence-corrected chi connectivity index (χ4v) is 1.59. The van der Waals surface area contributed by atoms with E-state index in [-0.39, 0.29) is 51.4 Å². The first-order valence-corrected chi connectivity index (χ1v) is 4.47. The van der Waals surface area contributed by atoms with Crippen molar-refractivity contribution in [1.82, 2.24) is 0 Å². The third-order valence-corrected chi connectivity index (χ3v) is 2.38. The van der Waals surface area contributed by atoms with Crippen LogP contribution in [-0.4, -0.2) is 13.6 Å². The molecule has 0 bridgehead atoms. The van der Waals surface area contributed by atoms with Crippen LogP contribution in [0.3, 0.4) is 0 Å². The fraction of sp³-hybridized carbons (Fsp3) is 0.333. The summed E-state index contributed by atoms with van der Waals surface area (Å²) in [6, 6.07) is 3.89. The average Bonchev–Trinajstić information content (AvgIpc) is 2.16. The number of rotatable bonds is 1. The van der Waals surface area contributed by atoms with Gasteiger partial charge in [-0.15, -0.1) is 5.46 Å². The predicted octanol–water partition coefficient (Wildman–Crippen LogP) is -1.18. The number of ether oxygens (including phenoxy) is 1. The van der Waals surface area contributed by atoms with Crippen LogP contribution in [0.1, 0.15) is 11.1 Å². The Kier molecular flexibility index (Phi) is 4.89. The second-order valence-corrected chi connectivity index (χ2v) is 3.41. The van der Waals surface area contributed by atoms with Crippen molar-refractivity contribution in [3.63, 3.8) is 0 Å². The second-order valence-electron chi connectivity index (χ2n) is 3.41. The Morgan fingerprint density at radius 2 is 1.87 bits per heavy atom. The molecule has 0 radical (unpaired) electrons. The van der Waals surface area contributed by atoms with Crippen molar-refractivity contribution in [3.8, 4) is 0 Å². The maximum atomic E-state index is 12.4. The van der Waals surface area contributed by atoms with Crippen molar-refractivity contribution in [3.05, 3.63) is 29.3 Å². The summed E-state index contributed by atoms with van der Waals surface area (Å²) in [6.45, 7) is -3.92. The number of fused-ring (bicyclic) bond motifs is 1. The van der Waals surface area contributed by atoms with E-state index >= 15 is 0 Å². The van der Waals surface area contributed by atoms with Crippen molar-refractivity contribution in [2.45, 2.75) is 13.0 Å². The minimum atomic E-state index is -4.87. The van der Waals surface area contributed by atoms with Crippen molar-refractivity contribution in [2.24, 2.45) is 0 Å². The molecule has 0 saturated carbocycles. The summed E-state index contributed by atoms with van der Waals surface area (Å²) in [6.07, 6.45) is 0.579. The van der Waals surface area contributed by atoms with Crippen LogP contribution in [0.25, 0.3) is 0 Å². The molecule has 2 rings (SSSR count). The molecule has 1 nitrogen and oxygen atoms in total. The van der Waals surface area contributed by atoms with Gasteiger partial charge in [0.15, 0.2) is 0 Å². The van der Waals surface area contributed by atoms with Crippen LogP contribution in [0.5, 0.6) is 0 Å². The van der Waals surface area contributed by atoms with Crippen LogP contribution in [0.2, 0.25) is 0 Å². The molecule has 0 amide bonds. The van der Waals surface area contributed by atoms with Gasteiger partial charge >= 0.3 is 58.4 Å². The Morgan fingerprint density at radius 1 is 1.13 bits per heavy atom. The monoisotopic (exact) mass is 240 g/mol. The van der Waals surface area contributed by atoms with Gasteiger partial charge in [-0.05, 0) is 17.5 Å². The Morgan fingerprint density at radius 3 is 2.53 bits per heavy atom. The first-order chi connectivity index (χ1) is 6.57. The third kappa shape index (κ3) is 3.31. The van der Waals surface area contributed by atoms with Crippen LogP contribution >= 0.6 is 0 Å². The van der Waals surface area contributed by atoms with Crippen LogP contribution < -0.4 is 56.8 Å². The quantitative estimate of drug-likeness (QED) is 0.561. The SMILES string of the molecule is F[B-](F)(F)c1ccc2c(c1)CCOC2.[K+]. The van der Waals surface area contributed by atoms with Gasteiger partial charge in [0.25, 0.3) is 0 Å². The predicted molar refractivity (Wildman–Crippen MR) is 48.5 cm³/mol. The summed E-state index contributed by atoms with van der Waals surface area (Å²) < 4.78 is 42.3. The zero-order chi connectivity index (χ0) is 10.2. The smallest absolute Gasteiger partial charge is 0.445 e. The van der Waals surface area contributed by atoms with E-state index in [1.54, 1.807) is 0 Å². The van der Waals surface area contributed by atoms with Gasteiger partial charge in [0.2, 0.25) is 0 Å². The van der Waals surface area contributed by atoms with Gasteiger partial charge in [-0.1, -0.05) is 18.2 Å². The van der Waals surface area contributed by atoms with E-state index in [9.17, 15) is 12.9 Å². The maximum absolute atomic E-state index is 12.4. The molecule has 0 fully saturated rings. The van der Waals surface area contributed by atoms with E-state index in [0.717, 1.165) is 17.2 Å². The normalized spacial score (nSPS) is 15.4. The minimum Gasteiger partial charge on any atom is -0.445 e. The second kappa shape index (κ2) is 5.34. The van der Waals surface area contributed by atoms with Gasteiger partial charge in [0, 0.05) is 0 Å². The molecule has 0 saturated heterocycles. The molecular weight excluding hydrogens is 231 g/mol. The first-order valence-electron chi connectivity index (χ1n) is 4.47. The van der Waals surface area contributed by atoms with Gasteiger partial charge in [-0.3, -0.25) is 0 Å². The molecular formula is C9H9BF3KO. The molecule has 0 atom stereocenters. The van der Waals surface area contributed by atoms with E-state index in [2.05, 4.69) is 0 Å². The zero-order valence-corrected chi connectivity index (χ0v) is 11.6. The standard InChI is InChI=1S/C9H9BF3O.K/c11-10(12,13)9-2-1-8-6-14-4-3-7(8)5-9;/h1-2,5H,3-4,6H2;/q-1;+1. The maximum Gasteiger partial charge on any atom is 1.00 e. The number of benzene rings is 1. The van der Waals surface area contributed by atoms with Gasteiger partial charge in [0.1, 0.15) is 0 Å². The van der Waals surface area contributed by atoms with Crippen molar-refractivity contribution in [2.75, 3.05) is 6.61 Å². The molecule has 0 N–H and O–H groups in total. The molecule has 1 aromatic rings. The van der Waals surface area contributed by atoms with Crippen molar-refractivity contribution in [1.29, 1.82) is 0 Å². The first kappa shape index (κ1) is 13.7. The summed E-state index contributed by atoms with van der Waals surface area (Å²) in [7, 11) is 0. The summed E-state index contributed by atoms with van der Waals surface area (Å²) in [5.74, 6) is 0. The molecule has 0 aromatic heterocycles. The molecule has 76 valence electrons.